The Morgan fingerprint density at radius 2 is 1.84 bits per heavy atom. The van der Waals surface area contributed by atoms with Crippen molar-refractivity contribution in [3.8, 4) is 5.75 Å². The Morgan fingerprint density at radius 1 is 1.16 bits per heavy atom. The summed E-state index contributed by atoms with van der Waals surface area (Å²) in [6.07, 6.45) is -2.67. The van der Waals surface area contributed by atoms with Gasteiger partial charge in [0.25, 0.3) is 5.56 Å². The topological polar surface area (TPSA) is 64.4 Å². The van der Waals surface area contributed by atoms with Gasteiger partial charge in [-0.05, 0) is 31.0 Å². The van der Waals surface area contributed by atoms with Gasteiger partial charge < -0.3 is 9.64 Å². The Labute approximate surface area is 182 Å². The van der Waals surface area contributed by atoms with Crippen molar-refractivity contribution in [3.05, 3.63) is 70.3 Å². The molecule has 0 aliphatic heterocycles. The molecule has 32 heavy (non-hydrogen) atoms. The maximum atomic E-state index is 12.9. The van der Waals surface area contributed by atoms with E-state index in [1.807, 2.05) is 0 Å². The van der Waals surface area contributed by atoms with E-state index in [2.05, 4.69) is 9.72 Å². The number of carbonyl (C=O) groups is 1. The Balaban J connectivity index is 1.48. The maximum absolute atomic E-state index is 12.9. The third kappa shape index (κ3) is 4.92. The normalized spacial score (nSPS) is 13.9. The quantitative estimate of drug-likeness (QED) is 0.546. The first kappa shape index (κ1) is 21.9. The summed E-state index contributed by atoms with van der Waals surface area (Å²) < 4.78 is 43.7. The van der Waals surface area contributed by atoms with Crippen molar-refractivity contribution in [2.24, 2.45) is 0 Å². The third-order valence-corrected chi connectivity index (χ3v) is 5.39. The molecule has 0 N–H and O–H groups in total. The number of hydrogen-bond donors (Lipinski definition) is 0. The fourth-order valence-corrected chi connectivity index (χ4v) is 3.69. The van der Waals surface area contributed by atoms with E-state index in [1.165, 1.54) is 30.1 Å². The van der Waals surface area contributed by atoms with E-state index in [1.54, 1.807) is 34.9 Å². The van der Waals surface area contributed by atoms with Gasteiger partial charge in [0, 0.05) is 38.0 Å². The SMILES string of the molecule is CN(Cc1ccccc1OC(F)(F)F)C(=O)CCc1nc2ccccc2c(=O)n1C1CC1. The number of halogens is 3. The van der Waals surface area contributed by atoms with E-state index >= 15 is 0 Å². The van der Waals surface area contributed by atoms with Gasteiger partial charge in [0.1, 0.15) is 11.6 Å². The lowest BCUT2D eigenvalue weighted by molar-refractivity contribution is -0.275. The number of amides is 1. The second-order valence-electron chi connectivity index (χ2n) is 7.86. The molecule has 0 radical (unpaired) electrons. The van der Waals surface area contributed by atoms with Gasteiger partial charge in [-0.15, -0.1) is 13.2 Å². The Bertz CT molecular complexity index is 1200. The van der Waals surface area contributed by atoms with Crippen LogP contribution in [-0.2, 0) is 17.8 Å². The van der Waals surface area contributed by atoms with Gasteiger partial charge in [-0.2, -0.15) is 0 Å². The van der Waals surface area contributed by atoms with Crippen molar-refractivity contribution in [2.75, 3.05) is 7.05 Å². The number of benzene rings is 2. The van der Waals surface area contributed by atoms with Crippen LogP contribution in [-0.4, -0.2) is 33.8 Å². The molecule has 1 heterocycles. The summed E-state index contributed by atoms with van der Waals surface area (Å²) >= 11 is 0. The van der Waals surface area contributed by atoms with Crippen molar-refractivity contribution in [1.29, 1.82) is 0 Å². The van der Waals surface area contributed by atoms with Gasteiger partial charge in [0.05, 0.1) is 10.9 Å². The molecule has 1 aromatic heterocycles. The standard InChI is InChI=1S/C23H22F3N3O3/c1-28(14-15-6-2-5-9-19(15)32-23(24,25)26)21(30)13-12-20-27-18-8-4-3-7-17(18)22(31)29(20)16-10-11-16/h2-9,16H,10-14H2,1H3. The van der Waals surface area contributed by atoms with Crippen LogP contribution in [0.3, 0.4) is 0 Å². The van der Waals surface area contributed by atoms with Gasteiger partial charge in [0.15, 0.2) is 0 Å². The first-order valence-corrected chi connectivity index (χ1v) is 10.3. The summed E-state index contributed by atoms with van der Waals surface area (Å²) in [5, 5.41) is 0.549. The van der Waals surface area contributed by atoms with Crippen molar-refractivity contribution >= 4 is 16.8 Å². The molecule has 3 aromatic rings. The molecule has 6 nitrogen and oxygen atoms in total. The summed E-state index contributed by atoms with van der Waals surface area (Å²) in [6.45, 7) is -0.0360. The Hall–Kier alpha value is -3.36. The lowest BCUT2D eigenvalue weighted by atomic mass is 10.1. The lowest BCUT2D eigenvalue weighted by Gasteiger charge is -2.20. The van der Waals surface area contributed by atoms with E-state index in [4.69, 9.17) is 0 Å². The van der Waals surface area contributed by atoms with Crippen LogP contribution in [0.1, 0.15) is 36.7 Å². The molecule has 1 fully saturated rings. The highest BCUT2D eigenvalue weighted by Crippen LogP contribution is 2.35. The van der Waals surface area contributed by atoms with Crippen molar-refractivity contribution in [3.63, 3.8) is 0 Å². The molecule has 9 heteroatoms. The van der Waals surface area contributed by atoms with Crippen LogP contribution in [0.2, 0.25) is 0 Å². The van der Waals surface area contributed by atoms with Gasteiger partial charge in [0.2, 0.25) is 5.91 Å². The first-order valence-electron chi connectivity index (χ1n) is 10.3. The number of aromatic nitrogens is 2. The minimum absolute atomic E-state index is 0.0360. The van der Waals surface area contributed by atoms with Crippen LogP contribution >= 0.6 is 0 Å². The summed E-state index contributed by atoms with van der Waals surface area (Å²) in [4.78, 5) is 31.6. The molecule has 0 atom stereocenters. The molecule has 0 bridgehead atoms. The zero-order valence-electron chi connectivity index (χ0n) is 17.4. The van der Waals surface area contributed by atoms with Crippen LogP contribution in [0.5, 0.6) is 5.75 Å². The van der Waals surface area contributed by atoms with E-state index < -0.39 is 6.36 Å². The largest absolute Gasteiger partial charge is 0.573 e. The van der Waals surface area contributed by atoms with Crippen molar-refractivity contribution < 1.29 is 22.7 Å². The fraction of sp³-hybridized carbons (Fsp3) is 0.348. The minimum atomic E-state index is -4.81. The van der Waals surface area contributed by atoms with Gasteiger partial charge in [-0.25, -0.2) is 4.98 Å². The molecule has 168 valence electrons. The Morgan fingerprint density at radius 3 is 2.56 bits per heavy atom. The molecular formula is C23H22F3N3O3. The van der Waals surface area contributed by atoms with Crippen molar-refractivity contribution in [2.45, 2.75) is 44.6 Å². The number of nitrogens with zero attached hydrogens (tertiary/aromatic N) is 3. The lowest BCUT2D eigenvalue weighted by Crippen LogP contribution is -2.29. The number of rotatable bonds is 7. The van der Waals surface area contributed by atoms with Gasteiger partial charge in [-0.1, -0.05) is 30.3 Å². The van der Waals surface area contributed by atoms with E-state index in [9.17, 15) is 22.8 Å². The second kappa shape index (κ2) is 8.64. The van der Waals surface area contributed by atoms with E-state index in [0.29, 0.717) is 16.7 Å². The molecule has 2 aromatic carbocycles. The molecule has 4 rings (SSSR count). The molecule has 1 aliphatic rings. The van der Waals surface area contributed by atoms with Crippen LogP contribution in [0.15, 0.2) is 53.3 Å². The molecule has 0 unspecified atom stereocenters. The average molecular weight is 445 g/mol. The highest BCUT2D eigenvalue weighted by molar-refractivity contribution is 5.78. The monoisotopic (exact) mass is 445 g/mol. The summed E-state index contributed by atoms with van der Waals surface area (Å²) in [5.41, 5.74) is 0.731. The predicted octanol–water partition coefficient (Wildman–Crippen LogP) is 4.22. The first-order chi connectivity index (χ1) is 15.2. The number of aryl methyl sites for hydroxylation is 1. The third-order valence-electron chi connectivity index (χ3n) is 5.39. The van der Waals surface area contributed by atoms with E-state index in [0.717, 1.165) is 12.8 Å². The maximum Gasteiger partial charge on any atom is 0.573 e. The van der Waals surface area contributed by atoms with Crippen LogP contribution in [0, 0.1) is 0 Å². The van der Waals surface area contributed by atoms with Gasteiger partial charge >= 0.3 is 6.36 Å². The summed E-state index contributed by atoms with van der Waals surface area (Å²) in [7, 11) is 1.52. The van der Waals surface area contributed by atoms with Crippen molar-refractivity contribution in [1.82, 2.24) is 14.5 Å². The number of fused-ring (bicyclic) bond motifs is 1. The highest BCUT2D eigenvalue weighted by atomic mass is 19.4. The number of hydrogen-bond acceptors (Lipinski definition) is 4. The zero-order chi connectivity index (χ0) is 22.9. The van der Waals surface area contributed by atoms with Crippen LogP contribution in [0.4, 0.5) is 13.2 Å². The number of para-hydroxylation sites is 2. The molecule has 1 aliphatic carbocycles. The molecule has 1 saturated carbocycles. The molecular weight excluding hydrogens is 423 g/mol. The summed E-state index contributed by atoms with van der Waals surface area (Å²) in [6, 6.07) is 12.9. The fourth-order valence-electron chi connectivity index (χ4n) is 3.69. The zero-order valence-corrected chi connectivity index (χ0v) is 17.4. The molecule has 1 amide bonds. The molecule has 0 spiro atoms. The summed E-state index contributed by atoms with van der Waals surface area (Å²) in [5.74, 6) is -0.0475. The predicted molar refractivity (Wildman–Crippen MR) is 112 cm³/mol. The minimum Gasteiger partial charge on any atom is -0.405 e. The van der Waals surface area contributed by atoms with Crippen LogP contribution in [0.25, 0.3) is 10.9 Å². The number of carbonyl (C=O) groups excluding carboxylic acids is 1. The van der Waals surface area contributed by atoms with Gasteiger partial charge in [-0.3, -0.25) is 14.2 Å². The van der Waals surface area contributed by atoms with Crippen LogP contribution < -0.4 is 10.3 Å². The second-order valence-corrected chi connectivity index (χ2v) is 7.86. The smallest absolute Gasteiger partial charge is 0.405 e. The number of alkyl halides is 3. The number of ether oxygens (including phenoxy) is 1. The van der Waals surface area contributed by atoms with E-state index in [-0.39, 0.29) is 48.2 Å². The highest BCUT2D eigenvalue weighted by Gasteiger charge is 2.32. The Kier molecular flexibility index (Phi) is 5.90. The average Bonchev–Trinajstić information content (AvgIpc) is 3.57. The molecule has 0 saturated heterocycles.